The first-order valence-electron chi connectivity index (χ1n) is 11.2. The highest BCUT2D eigenvalue weighted by molar-refractivity contribution is 5.42. The Morgan fingerprint density at radius 2 is 1.71 bits per heavy atom. The van der Waals surface area contributed by atoms with Crippen molar-refractivity contribution in [2.24, 2.45) is 0 Å². The van der Waals surface area contributed by atoms with Gasteiger partial charge < -0.3 is 20.1 Å². The van der Waals surface area contributed by atoms with E-state index in [4.69, 9.17) is 0 Å². The first kappa shape index (κ1) is 21.4. The van der Waals surface area contributed by atoms with Crippen LogP contribution in [0.3, 0.4) is 0 Å². The number of hydrogen-bond acceptors (Lipinski definition) is 5. The molecule has 31 heavy (non-hydrogen) atoms. The maximum Gasteiger partial charge on any atom is 0.224 e. The van der Waals surface area contributed by atoms with E-state index in [0.717, 1.165) is 31.2 Å². The number of hydrogen-bond donors (Lipinski definition) is 2. The lowest BCUT2D eigenvalue weighted by molar-refractivity contribution is 0.352. The van der Waals surface area contributed by atoms with Crippen molar-refractivity contribution in [1.82, 2.24) is 19.9 Å². The first-order chi connectivity index (χ1) is 15.0. The summed E-state index contributed by atoms with van der Waals surface area (Å²) in [5.41, 5.74) is 5.23. The van der Waals surface area contributed by atoms with Crippen molar-refractivity contribution in [3.63, 3.8) is 0 Å². The number of nitrogens with one attached hydrogen (secondary N) is 2. The molecule has 0 aliphatic heterocycles. The van der Waals surface area contributed by atoms with Crippen molar-refractivity contribution in [3.8, 4) is 5.69 Å². The number of anilines is 2. The van der Waals surface area contributed by atoms with E-state index in [2.05, 4.69) is 75.4 Å². The Hall–Kier alpha value is -2.86. The minimum atomic E-state index is 0.443. The molecule has 2 N–H and O–H groups in total. The highest BCUT2D eigenvalue weighted by atomic mass is 15.2. The second kappa shape index (κ2) is 9.52. The first-order valence-corrected chi connectivity index (χ1v) is 11.2. The molecule has 6 heteroatoms. The van der Waals surface area contributed by atoms with Gasteiger partial charge in [0.05, 0.1) is 0 Å². The van der Waals surface area contributed by atoms with Crippen molar-refractivity contribution in [1.29, 1.82) is 0 Å². The van der Waals surface area contributed by atoms with Gasteiger partial charge in [-0.1, -0.05) is 18.2 Å². The fourth-order valence-corrected chi connectivity index (χ4v) is 4.53. The Labute approximate surface area is 185 Å². The van der Waals surface area contributed by atoms with Crippen LogP contribution in [0.4, 0.5) is 11.8 Å². The van der Waals surface area contributed by atoms with Crippen molar-refractivity contribution < 1.29 is 0 Å². The minimum absolute atomic E-state index is 0.443. The standard InChI is InChI=1S/C25H34N6/c1-18-16-20(19(2)31(18)23-8-6-5-7-9-23)17-27-21-10-12-22(13-11-21)28-25-26-15-14-24(29-25)30(3)4/h5-9,14-16,21-22,27H,10-13,17H2,1-4H3,(H,26,28,29). The second-order valence-electron chi connectivity index (χ2n) is 8.77. The lowest BCUT2D eigenvalue weighted by atomic mass is 9.91. The molecule has 2 aromatic heterocycles. The van der Waals surface area contributed by atoms with Crippen LogP contribution in [-0.2, 0) is 6.54 Å². The van der Waals surface area contributed by atoms with E-state index in [9.17, 15) is 0 Å². The number of para-hydroxylation sites is 1. The van der Waals surface area contributed by atoms with E-state index in [1.807, 2.05) is 31.3 Å². The van der Waals surface area contributed by atoms with E-state index < -0.39 is 0 Å². The van der Waals surface area contributed by atoms with Gasteiger partial charge in [-0.05, 0) is 69.4 Å². The molecule has 4 rings (SSSR count). The lowest BCUT2D eigenvalue weighted by Gasteiger charge is -2.30. The molecule has 1 aliphatic rings. The molecule has 1 fully saturated rings. The van der Waals surface area contributed by atoms with E-state index >= 15 is 0 Å². The molecular weight excluding hydrogens is 384 g/mol. The van der Waals surface area contributed by atoms with Gasteiger partial charge in [0.25, 0.3) is 0 Å². The minimum Gasteiger partial charge on any atom is -0.363 e. The van der Waals surface area contributed by atoms with E-state index in [1.54, 1.807) is 0 Å². The number of aryl methyl sites for hydroxylation is 1. The van der Waals surface area contributed by atoms with Crippen LogP contribution >= 0.6 is 0 Å². The highest BCUT2D eigenvalue weighted by Crippen LogP contribution is 2.24. The van der Waals surface area contributed by atoms with Gasteiger partial charge >= 0.3 is 0 Å². The van der Waals surface area contributed by atoms with Crippen LogP contribution in [0.25, 0.3) is 5.69 Å². The molecule has 3 aromatic rings. The lowest BCUT2D eigenvalue weighted by Crippen LogP contribution is -2.37. The van der Waals surface area contributed by atoms with Gasteiger partial charge in [-0.3, -0.25) is 0 Å². The zero-order valence-corrected chi connectivity index (χ0v) is 19.1. The SMILES string of the molecule is Cc1cc(CNC2CCC(Nc3nccc(N(C)C)n3)CC2)c(C)n1-c1ccccc1. The fraction of sp³-hybridized carbons (Fsp3) is 0.440. The van der Waals surface area contributed by atoms with Crippen LogP contribution in [0, 0.1) is 13.8 Å². The molecule has 0 spiro atoms. The summed E-state index contributed by atoms with van der Waals surface area (Å²) < 4.78 is 2.35. The van der Waals surface area contributed by atoms with E-state index in [0.29, 0.717) is 12.1 Å². The Bertz CT molecular complexity index is 987. The highest BCUT2D eigenvalue weighted by Gasteiger charge is 2.22. The van der Waals surface area contributed by atoms with Crippen LogP contribution < -0.4 is 15.5 Å². The zero-order valence-electron chi connectivity index (χ0n) is 19.1. The average molecular weight is 419 g/mol. The van der Waals surface area contributed by atoms with Crippen LogP contribution in [-0.4, -0.2) is 40.7 Å². The van der Waals surface area contributed by atoms with Gasteiger partial charge in [0.2, 0.25) is 5.95 Å². The normalized spacial score (nSPS) is 18.7. The predicted octanol–water partition coefficient (Wildman–Crippen LogP) is 4.46. The maximum atomic E-state index is 4.59. The van der Waals surface area contributed by atoms with Crippen molar-refractivity contribution in [2.45, 2.75) is 58.2 Å². The summed E-state index contributed by atoms with van der Waals surface area (Å²) in [5, 5.41) is 7.33. The third-order valence-electron chi connectivity index (χ3n) is 6.29. The van der Waals surface area contributed by atoms with Gasteiger partial charge in [-0.2, -0.15) is 4.98 Å². The topological polar surface area (TPSA) is 58.0 Å². The molecule has 0 radical (unpaired) electrons. The second-order valence-corrected chi connectivity index (χ2v) is 8.77. The summed E-state index contributed by atoms with van der Waals surface area (Å²) in [4.78, 5) is 11.0. The summed E-state index contributed by atoms with van der Waals surface area (Å²) >= 11 is 0. The number of nitrogens with zero attached hydrogens (tertiary/aromatic N) is 4. The van der Waals surface area contributed by atoms with Crippen LogP contribution in [0.1, 0.15) is 42.6 Å². The van der Waals surface area contributed by atoms with E-state index in [1.165, 1.54) is 35.5 Å². The summed E-state index contributed by atoms with van der Waals surface area (Å²) in [5.74, 6) is 1.66. The molecule has 0 atom stereocenters. The van der Waals surface area contributed by atoms with Gasteiger partial charge in [0.15, 0.2) is 0 Å². The summed E-state index contributed by atoms with van der Waals surface area (Å²) in [7, 11) is 4.00. The van der Waals surface area contributed by atoms with Crippen LogP contribution in [0.5, 0.6) is 0 Å². The van der Waals surface area contributed by atoms with Gasteiger partial charge in [0, 0.05) is 56.0 Å². The largest absolute Gasteiger partial charge is 0.363 e. The molecule has 2 heterocycles. The Morgan fingerprint density at radius 1 is 1.00 bits per heavy atom. The molecule has 164 valence electrons. The van der Waals surface area contributed by atoms with Crippen molar-refractivity contribution in [2.75, 3.05) is 24.3 Å². The smallest absolute Gasteiger partial charge is 0.224 e. The molecule has 0 bridgehead atoms. The van der Waals surface area contributed by atoms with Gasteiger partial charge in [-0.15, -0.1) is 0 Å². The average Bonchev–Trinajstić information content (AvgIpc) is 3.07. The maximum absolute atomic E-state index is 4.59. The van der Waals surface area contributed by atoms with Crippen LogP contribution in [0.15, 0.2) is 48.7 Å². The molecule has 0 saturated heterocycles. The molecule has 1 aromatic carbocycles. The van der Waals surface area contributed by atoms with Crippen LogP contribution in [0.2, 0.25) is 0 Å². The summed E-state index contributed by atoms with van der Waals surface area (Å²) in [6, 6.07) is 15.9. The molecular formula is C25H34N6. The number of aromatic nitrogens is 3. The Kier molecular flexibility index (Phi) is 6.56. The molecule has 0 unspecified atom stereocenters. The molecule has 0 amide bonds. The Morgan fingerprint density at radius 3 is 2.42 bits per heavy atom. The number of rotatable bonds is 7. The third kappa shape index (κ3) is 5.07. The predicted molar refractivity (Wildman–Crippen MR) is 128 cm³/mol. The van der Waals surface area contributed by atoms with Crippen molar-refractivity contribution in [3.05, 3.63) is 65.6 Å². The summed E-state index contributed by atoms with van der Waals surface area (Å²) in [6.07, 6.45) is 6.43. The van der Waals surface area contributed by atoms with Gasteiger partial charge in [0.1, 0.15) is 5.82 Å². The number of benzene rings is 1. The van der Waals surface area contributed by atoms with Gasteiger partial charge in [-0.25, -0.2) is 4.98 Å². The molecule has 6 nitrogen and oxygen atoms in total. The van der Waals surface area contributed by atoms with E-state index in [-0.39, 0.29) is 0 Å². The molecule has 1 aliphatic carbocycles. The fourth-order valence-electron chi connectivity index (χ4n) is 4.53. The van der Waals surface area contributed by atoms with Crippen molar-refractivity contribution >= 4 is 11.8 Å². The third-order valence-corrected chi connectivity index (χ3v) is 6.29. The zero-order chi connectivity index (χ0) is 21.8. The summed E-state index contributed by atoms with van der Waals surface area (Å²) in [6.45, 7) is 5.33. The quantitative estimate of drug-likeness (QED) is 0.593. The molecule has 1 saturated carbocycles. The Balaban J connectivity index is 1.30. The monoisotopic (exact) mass is 418 g/mol.